The molecule has 4 aromatic carbocycles. The summed E-state index contributed by atoms with van der Waals surface area (Å²) < 4.78 is 52.4. The van der Waals surface area contributed by atoms with E-state index in [1.54, 1.807) is 24.3 Å². The maximum Gasteiger partial charge on any atom is 0.255 e. The van der Waals surface area contributed by atoms with E-state index in [0.717, 1.165) is 51.8 Å². The normalized spacial score (nSPS) is 14.9. The molecule has 0 aliphatic heterocycles. The molecule has 1 aliphatic rings. The van der Waals surface area contributed by atoms with Gasteiger partial charge >= 0.3 is 0 Å². The van der Waals surface area contributed by atoms with Crippen molar-refractivity contribution in [3.63, 3.8) is 0 Å². The maximum absolute atomic E-state index is 13.0. The second-order valence-electron chi connectivity index (χ2n) is 12.3. The first kappa shape index (κ1) is 35.0. The van der Waals surface area contributed by atoms with Gasteiger partial charge in [0, 0.05) is 56.1 Å². The van der Waals surface area contributed by atoms with Crippen LogP contribution in [0.25, 0.3) is 0 Å². The molecule has 5 rings (SSSR count). The third-order valence-electron chi connectivity index (χ3n) is 8.85. The second kappa shape index (κ2) is 14.0. The Morgan fingerprint density at radius 2 is 0.938 bits per heavy atom. The Hall–Kier alpha value is -4.36. The number of sulfonamides is 2. The van der Waals surface area contributed by atoms with E-state index < -0.39 is 31.9 Å². The van der Waals surface area contributed by atoms with Gasteiger partial charge in [-0.3, -0.25) is 9.59 Å². The molecule has 4 aromatic rings. The molecule has 12 heteroatoms. The first-order valence-electron chi connectivity index (χ1n) is 15.6. The van der Waals surface area contributed by atoms with Crippen LogP contribution in [0.2, 0.25) is 0 Å². The fourth-order valence-electron chi connectivity index (χ4n) is 6.07. The highest BCUT2D eigenvalue weighted by Crippen LogP contribution is 2.45. The van der Waals surface area contributed by atoms with Gasteiger partial charge in [-0.1, -0.05) is 55.7 Å². The van der Waals surface area contributed by atoms with Gasteiger partial charge in [-0.15, -0.1) is 0 Å². The van der Waals surface area contributed by atoms with Gasteiger partial charge in [0.2, 0.25) is 20.0 Å². The van der Waals surface area contributed by atoms with E-state index in [-0.39, 0.29) is 26.3 Å². The van der Waals surface area contributed by atoms with Crippen LogP contribution in [0.5, 0.6) is 0 Å². The molecule has 2 N–H and O–H groups in total. The van der Waals surface area contributed by atoms with Crippen LogP contribution >= 0.6 is 0 Å². The van der Waals surface area contributed by atoms with Crippen molar-refractivity contribution in [3.05, 3.63) is 119 Å². The zero-order valence-electron chi connectivity index (χ0n) is 27.4. The molecule has 0 unspecified atom stereocenters. The average Bonchev–Trinajstić information content (AvgIpc) is 3.09. The van der Waals surface area contributed by atoms with Gasteiger partial charge in [-0.05, 0) is 84.6 Å². The fourth-order valence-corrected chi connectivity index (χ4v) is 7.96. The summed E-state index contributed by atoms with van der Waals surface area (Å²) in [4.78, 5) is 26.2. The molecule has 0 spiro atoms. The summed E-state index contributed by atoms with van der Waals surface area (Å²) in [6, 6.07) is 27.5. The number of carbonyl (C=O) groups is 2. The third kappa shape index (κ3) is 7.21. The summed E-state index contributed by atoms with van der Waals surface area (Å²) >= 11 is 0. The van der Waals surface area contributed by atoms with E-state index in [4.69, 9.17) is 0 Å². The fraction of sp³-hybridized carbons (Fsp3) is 0.278. The summed E-state index contributed by atoms with van der Waals surface area (Å²) in [7, 11) is -1.57. The molecule has 0 bridgehead atoms. The molecule has 0 saturated heterocycles. The highest BCUT2D eigenvalue weighted by atomic mass is 32.2. The van der Waals surface area contributed by atoms with Crippen molar-refractivity contribution in [2.24, 2.45) is 0 Å². The molecule has 0 heterocycles. The van der Waals surface area contributed by atoms with Crippen molar-refractivity contribution in [2.75, 3.05) is 38.8 Å². The standard InChI is InChI=1S/C36H40N4O6S2/c1-39(2)47(43,44)32-12-8-10-26(24-32)34(41)37-30-18-14-28(15-19-30)36(22-6-5-7-23-36)29-16-20-31(21-17-29)38-35(42)27-11-9-13-33(25-27)48(45,46)40(3)4/h8-21,24-25H,5-7,22-23H2,1-4H3,(H,37,41)(H,38,42). The van der Waals surface area contributed by atoms with Crippen LogP contribution in [0.15, 0.2) is 107 Å². The second-order valence-corrected chi connectivity index (χ2v) is 16.6. The van der Waals surface area contributed by atoms with E-state index in [9.17, 15) is 26.4 Å². The number of hydrogen-bond acceptors (Lipinski definition) is 6. The van der Waals surface area contributed by atoms with E-state index in [1.165, 1.54) is 52.5 Å². The Balaban J connectivity index is 1.33. The lowest BCUT2D eigenvalue weighted by Gasteiger charge is -2.39. The summed E-state index contributed by atoms with van der Waals surface area (Å²) in [5, 5.41) is 5.76. The summed E-state index contributed by atoms with van der Waals surface area (Å²) in [5.41, 5.74) is 3.66. The highest BCUT2D eigenvalue weighted by Gasteiger charge is 2.35. The lowest BCUT2D eigenvalue weighted by Crippen LogP contribution is -2.30. The first-order chi connectivity index (χ1) is 22.7. The van der Waals surface area contributed by atoms with Crippen LogP contribution in [-0.4, -0.2) is 65.5 Å². The van der Waals surface area contributed by atoms with Crippen LogP contribution in [0, 0.1) is 0 Å². The van der Waals surface area contributed by atoms with E-state index in [2.05, 4.69) is 10.6 Å². The number of anilines is 2. The summed E-state index contributed by atoms with van der Waals surface area (Å²) in [5.74, 6) is -0.816. The van der Waals surface area contributed by atoms with Gasteiger partial charge in [0.25, 0.3) is 11.8 Å². The molecular weight excluding hydrogens is 649 g/mol. The summed E-state index contributed by atoms with van der Waals surface area (Å²) in [6.07, 6.45) is 5.18. The van der Waals surface area contributed by atoms with Crippen LogP contribution in [-0.2, 0) is 25.5 Å². The SMILES string of the molecule is CN(C)S(=O)(=O)c1cccc(C(=O)Nc2ccc(C3(c4ccc(NC(=O)c5cccc(S(=O)(=O)N(C)C)c5)cc4)CCCCC3)cc2)c1. The van der Waals surface area contributed by atoms with Crippen molar-refractivity contribution >= 4 is 43.2 Å². The van der Waals surface area contributed by atoms with Gasteiger partial charge in [0.1, 0.15) is 0 Å². The number of carbonyl (C=O) groups excluding carboxylic acids is 2. The van der Waals surface area contributed by atoms with Gasteiger partial charge in [0.15, 0.2) is 0 Å². The van der Waals surface area contributed by atoms with Gasteiger partial charge < -0.3 is 10.6 Å². The Bertz CT molecular complexity index is 1880. The smallest absolute Gasteiger partial charge is 0.255 e. The molecule has 10 nitrogen and oxygen atoms in total. The Labute approximate surface area is 282 Å². The van der Waals surface area contributed by atoms with Crippen molar-refractivity contribution in [1.29, 1.82) is 0 Å². The Kier molecular flexibility index (Phi) is 10.2. The summed E-state index contributed by atoms with van der Waals surface area (Å²) in [6.45, 7) is 0. The topological polar surface area (TPSA) is 133 Å². The number of nitrogens with one attached hydrogen (secondary N) is 2. The van der Waals surface area contributed by atoms with Crippen LogP contribution in [0.3, 0.4) is 0 Å². The minimum Gasteiger partial charge on any atom is -0.322 e. The highest BCUT2D eigenvalue weighted by molar-refractivity contribution is 7.89. The van der Waals surface area contributed by atoms with Crippen LogP contribution in [0.4, 0.5) is 11.4 Å². The minimum absolute atomic E-state index is 0.0463. The van der Waals surface area contributed by atoms with Crippen molar-refractivity contribution in [1.82, 2.24) is 8.61 Å². The number of amides is 2. The molecule has 0 atom stereocenters. The quantitative estimate of drug-likeness (QED) is 0.212. The lowest BCUT2D eigenvalue weighted by molar-refractivity contribution is 0.101. The third-order valence-corrected chi connectivity index (χ3v) is 12.5. The Morgan fingerprint density at radius 1 is 0.562 bits per heavy atom. The molecular formula is C36H40N4O6S2. The molecule has 1 saturated carbocycles. The lowest BCUT2D eigenvalue weighted by atomic mass is 9.65. The molecule has 0 radical (unpaired) electrons. The number of benzene rings is 4. The minimum atomic E-state index is -3.68. The molecule has 2 amide bonds. The zero-order valence-corrected chi connectivity index (χ0v) is 29.1. The predicted molar refractivity (Wildman–Crippen MR) is 187 cm³/mol. The number of nitrogens with zero attached hydrogens (tertiary/aromatic N) is 2. The average molecular weight is 689 g/mol. The largest absolute Gasteiger partial charge is 0.322 e. The molecule has 1 fully saturated rings. The van der Waals surface area contributed by atoms with Crippen molar-refractivity contribution in [3.8, 4) is 0 Å². The van der Waals surface area contributed by atoms with Crippen LogP contribution < -0.4 is 10.6 Å². The van der Waals surface area contributed by atoms with E-state index >= 15 is 0 Å². The molecule has 1 aliphatic carbocycles. The number of hydrogen-bond donors (Lipinski definition) is 2. The van der Waals surface area contributed by atoms with Crippen molar-refractivity contribution < 1.29 is 26.4 Å². The predicted octanol–water partition coefficient (Wildman–Crippen LogP) is 5.94. The number of rotatable bonds is 10. The van der Waals surface area contributed by atoms with E-state index in [0.29, 0.717) is 11.4 Å². The zero-order chi connectivity index (χ0) is 34.7. The molecule has 48 heavy (non-hydrogen) atoms. The van der Waals surface area contributed by atoms with Crippen molar-refractivity contribution in [2.45, 2.75) is 47.3 Å². The Morgan fingerprint density at radius 3 is 1.29 bits per heavy atom. The maximum atomic E-state index is 13.0. The van der Waals surface area contributed by atoms with Gasteiger partial charge in [-0.2, -0.15) is 0 Å². The van der Waals surface area contributed by atoms with Gasteiger partial charge in [0.05, 0.1) is 9.79 Å². The van der Waals surface area contributed by atoms with E-state index in [1.807, 2.05) is 48.5 Å². The molecule has 252 valence electrons. The van der Waals surface area contributed by atoms with Crippen LogP contribution in [0.1, 0.15) is 63.9 Å². The molecule has 0 aromatic heterocycles. The monoisotopic (exact) mass is 688 g/mol. The first-order valence-corrected chi connectivity index (χ1v) is 18.5. The van der Waals surface area contributed by atoms with Gasteiger partial charge in [-0.25, -0.2) is 25.4 Å².